The van der Waals surface area contributed by atoms with E-state index in [2.05, 4.69) is 40.6 Å². The van der Waals surface area contributed by atoms with E-state index in [0.717, 1.165) is 30.5 Å². The molecule has 3 aromatic heterocycles. The molecule has 0 unspecified atom stereocenters. The number of amides is 3. The van der Waals surface area contributed by atoms with Gasteiger partial charge >= 0.3 is 12.1 Å². The molecule has 3 heterocycles. The lowest BCUT2D eigenvalue weighted by Gasteiger charge is -2.14. The van der Waals surface area contributed by atoms with Crippen molar-refractivity contribution in [2.24, 2.45) is 0 Å². The molecular formula is C24H27N7O4. The maximum atomic E-state index is 12.3. The van der Waals surface area contributed by atoms with Crippen molar-refractivity contribution in [1.29, 1.82) is 0 Å². The van der Waals surface area contributed by atoms with E-state index in [1.54, 1.807) is 43.9 Å². The summed E-state index contributed by atoms with van der Waals surface area (Å²) in [5.74, 6) is 0.761. The van der Waals surface area contributed by atoms with Gasteiger partial charge in [-0.3, -0.25) is 10.3 Å². The lowest BCUT2D eigenvalue weighted by molar-refractivity contribution is 0.0736. The van der Waals surface area contributed by atoms with Crippen LogP contribution in [-0.2, 0) is 9.47 Å². The van der Waals surface area contributed by atoms with Gasteiger partial charge in [0.1, 0.15) is 5.82 Å². The second kappa shape index (κ2) is 10.4. The highest BCUT2D eigenvalue weighted by Crippen LogP contribution is 2.41. The predicted octanol–water partition coefficient (Wildman–Crippen LogP) is 3.78. The number of methoxy groups -OCH3 is 2. The minimum atomic E-state index is -0.620. The number of aromatic nitrogens is 4. The monoisotopic (exact) mass is 477 g/mol. The van der Waals surface area contributed by atoms with E-state index in [9.17, 15) is 9.59 Å². The Bertz CT molecular complexity index is 1230. The largest absolute Gasteiger partial charge is 0.453 e. The van der Waals surface area contributed by atoms with Gasteiger partial charge in [-0.25, -0.2) is 24.5 Å². The first-order valence-corrected chi connectivity index (χ1v) is 11.1. The molecule has 0 atom stereocenters. The molecule has 0 aromatic carbocycles. The molecule has 1 fully saturated rings. The van der Waals surface area contributed by atoms with E-state index in [-0.39, 0.29) is 11.6 Å². The molecule has 11 heteroatoms. The van der Waals surface area contributed by atoms with Gasteiger partial charge in [-0.1, -0.05) is 0 Å². The van der Waals surface area contributed by atoms with Crippen LogP contribution in [0.1, 0.15) is 25.0 Å². The van der Waals surface area contributed by atoms with E-state index >= 15 is 0 Å². The standard InChI is InChI=1S/C24H27N7O4/c1-15-18(13-17(14-28-15)29-22(32)27-11-8-24(35-3)6-7-24)19-5-10-26-21(30-19)16-4-9-25-20(12-16)31-23(33)34-2/h4-5,9-10,12-14H,6-8,11H2,1-3H3,(H,25,31,33)(H2,27,29,32). The molecule has 35 heavy (non-hydrogen) atoms. The Kier molecular flexibility index (Phi) is 7.16. The highest BCUT2D eigenvalue weighted by atomic mass is 16.5. The first-order chi connectivity index (χ1) is 16.9. The van der Waals surface area contributed by atoms with Gasteiger partial charge < -0.3 is 20.1 Å². The second-order valence-corrected chi connectivity index (χ2v) is 8.19. The third kappa shape index (κ3) is 6.07. The number of pyridine rings is 2. The summed E-state index contributed by atoms with van der Waals surface area (Å²) >= 11 is 0. The van der Waals surface area contributed by atoms with Crippen LogP contribution in [0.4, 0.5) is 21.1 Å². The van der Waals surface area contributed by atoms with Crippen LogP contribution in [-0.4, -0.2) is 58.4 Å². The molecule has 182 valence electrons. The fourth-order valence-corrected chi connectivity index (χ4v) is 3.58. The van der Waals surface area contributed by atoms with Gasteiger partial charge in [0, 0.05) is 42.9 Å². The summed E-state index contributed by atoms with van der Waals surface area (Å²) in [5, 5.41) is 8.21. The number of nitrogens with zero attached hydrogens (tertiary/aromatic N) is 4. The van der Waals surface area contributed by atoms with Crippen molar-refractivity contribution in [3.63, 3.8) is 0 Å². The Morgan fingerprint density at radius 3 is 2.60 bits per heavy atom. The molecular weight excluding hydrogens is 450 g/mol. The maximum absolute atomic E-state index is 12.3. The average Bonchev–Trinajstić information content (AvgIpc) is 3.65. The summed E-state index contributed by atoms with van der Waals surface area (Å²) in [5.41, 5.74) is 3.28. The van der Waals surface area contributed by atoms with Gasteiger partial charge in [-0.2, -0.15) is 0 Å². The molecule has 0 radical (unpaired) electrons. The van der Waals surface area contributed by atoms with E-state index in [1.807, 2.05) is 13.0 Å². The number of aryl methyl sites for hydroxylation is 1. The molecule has 0 saturated heterocycles. The quantitative estimate of drug-likeness (QED) is 0.445. The van der Waals surface area contributed by atoms with Gasteiger partial charge in [0.2, 0.25) is 0 Å². The van der Waals surface area contributed by atoms with Gasteiger partial charge in [0.15, 0.2) is 5.82 Å². The zero-order valence-electron chi connectivity index (χ0n) is 19.8. The summed E-state index contributed by atoms with van der Waals surface area (Å²) in [4.78, 5) is 41.4. The molecule has 3 N–H and O–H groups in total. The lowest BCUT2D eigenvalue weighted by Crippen LogP contribution is -2.32. The first kappa shape index (κ1) is 24.0. The number of nitrogens with one attached hydrogen (secondary N) is 3. The molecule has 4 rings (SSSR count). The zero-order chi connectivity index (χ0) is 24.8. The minimum absolute atomic E-state index is 0.0679. The number of hydrogen-bond acceptors (Lipinski definition) is 8. The summed E-state index contributed by atoms with van der Waals surface area (Å²) in [6.07, 6.45) is 7.01. The van der Waals surface area contributed by atoms with Crippen LogP contribution < -0.4 is 16.0 Å². The van der Waals surface area contributed by atoms with Crippen molar-refractivity contribution in [2.45, 2.75) is 31.8 Å². The number of anilines is 2. The third-order valence-electron chi connectivity index (χ3n) is 5.82. The van der Waals surface area contributed by atoms with Crippen molar-refractivity contribution in [3.8, 4) is 22.6 Å². The predicted molar refractivity (Wildman–Crippen MR) is 130 cm³/mol. The molecule has 1 saturated carbocycles. The van der Waals surface area contributed by atoms with Crippen LogP contribution in [0.2, 0.25) is 0 Å². The van der Waals surface area contributed by atoms with Crippen molar-refractivity contribution in [1.82, 2.24) is 25.3 Å². The summed E-state index contributed by atoms with van der Waals surface area (Å²) in [7, 11) is 2.98. The Hall–Kier alpha value is -4.12. The first-order valence-electron chi connectivity index (χ1n) is 11.1. The van der Waals surface area contributed by atoms with Gasteiger partial charge in [0.25, 0.3) is 0 Å². The molecule has 0 bridgehead atoms. The van der Waals surface area contributed by atoms with Crippen LogP contribution in [0.3, 0.4) is 0 Å². The smallest absolute Gasteiger partial charge is 0.412 e. The molecule has 3 amide bonds. The number of urea groups is 1. The van der Waals surface area contributed by atoms with E-state index in [0.29, 0.717) is 35.1 Å². The Morgan fingerprint density at radius 2 is 1.86 bits per heavy atom. The zero-order valence-corrected chi connectivity index (χ0v) is 19.8. The van der Waals surface area contributed by atoms with Crippen LogP contribution in [0, 0.1) is 6.92 Å². The number of carbonyl (C=O) groups excluding carboxylic acids is 2. The van der Waals surface area contributed by atoms with Crippen molar-refractivity contribution >= 4 is 23.6 Å². The molecule has 1 aliphatic rings. The second-order valence-electron chi connectivity index (χ2n) is 8.19. The molecule has 3 aromatic rings. The van der Waals surface area contributed by atoms with Gasteiger partial charge in [-0.15, -0.1) is 0 Å². The average molecular weight is 478 g/mol. The third-order valence-corrected chi connectivity index (χ3v) is 5.82. The van der Waals surface area contributed by atoms with Crippen LogP contribution in [0.25, 0.3) is 22.6 Å². The molecule has 0 spiro atoms. The number of carbonyl (C=O) groups is 2. The minimum Gasteiger partial charge on any atom is -0.453 e. The summed E-state index contributed by atoms with van der Waals surface area (Å²) in [6.45, 7) is 2.39. The number of hydrogen-bond donors (Lipinski definition) is 3. The highest BCUT2D eigenvalue weighted by Gasteiger charge is 2.42. The van der Waals surface area contributed by atoms with Gasteiger partial charge in [0.05, 0.1) is 30.3 Å². The maximum Gasteiger partial charge on any atom is 0.412 e. The molecule has 1 aliphatic carbocycles. The lowest BCUT2D eigenvalue weighted by atomic mass is 10.1. The van der Waals surface area contributed by atoms with Gasteiger partial charge in [-0.05, 0) is 50.5 Å². The van der Waals surface area contributed by atoms with Crippen LogP contribution >= 0.6 is 0 Å². The van der Waals surface area contributed by atoms with Crippen molar-refractivity contribution in [2.75, 3.05) is 31.4 Å². The number of rotatable bonds is 8. The molecule has 11 nitrogen and oxygen atoms in total. The Labute approximate surface area is 202 Å². The van der Waals surface area contributed by atoms with Crippen LogP contribution in [0.5, 0.6) is 0 Å². The fourth-order valence-electron chi connectivity index (χ4n) is 3.58. The number of ether oxygens (including phenoxy) is 2. The van der Waals surface area contributed by atoms with Crippen molar-refractivity contribution in [3.05, 3.63) is 48.5 Å². The fraction of sp³-hybridized carbons (Fsp3) is 0.333. The van der Waals surface area contributed by atoms with E-state index < -0.39 is 6.09 Å². The SMILES string of the molecule is COC(=O)Nc1cc(-c2nccc(-c3cc(NC(=O)NCCC4(OC)CC4)cnc3C)n2)ccn1. The Morgan fingerprint density at radius 1 is 1.06 bits per heavy atom. The van der Waals surface area contributed by atoms with E-state index in [1.165, 1.54) is 7.11 Å². The molecule has 0 aliphatic heterocycles. The summed E-state index contributed by atoms with van der Waals surface area (Å²) in [6, 6.07) is 6.68. The topological polar surface area (TPSA) is 140 Å². The summed E-state index contributed by atoms with van der Waals surface area (Å²) < 4.78 is 10.1. The van der Waals surface area contributed by atoms with E-state index in [4.69, 9.17) is 4.74 Å². The Balaban J connectivity index is 1.48. The normalized spacial score (nSPS) is 13.6. The highest BCUT2D eigenvalue weighted by molar-refractivity contribution is 5.90. The van der Waals surface area contributed by atoms with Crippen LogP contribution in [0.15, 0.2) is 42.9 Å². The van der Waals surface area contributed by atoms with Crippen molar-refractivity contribution < 1.29 is 19.1 Å².